The van der Waals surface area contributed by atoms with Crippen molar-refractivity contribution in [3.8, 4) is 0 Å². The minimum absolute atomic E-state index is 0.263. The fourth-order valence-electron chi connectivity index (χ4n) is 1.52. The highest BCUT2D eigenvalue weighted by atomic mass is 127. The standard InChI is InChI=1S/C12H14IN3O/c1-8(10-3-5-11(13)6-4-10)14-7-12-15-9(2)16-17-12/h3-6,8,14H,7H2,1-2H3. The number of benzene rings is 1. The summed E-state index contributed by atoms with van der Waals surface area (Å²) in [4.78, 5) is 4.15. The van der Waals surface area contributed by atoms with E-state index in [2.05, 4.69) is 69.2 Å². The highest BCUT2D eigenvalue weighted by molar-refractivity contribution is 14.1. The maximum absolute atomic E-state index is 5.04. The Morgan fingerprint density at radius 2 is 2.06 bits per heavy atom. The molecular weight excluding hydrogens is 329 g/mol. The molecule has 1 heterocycles. The molecular formula is C12H14IN3O. The van der Waals surface area contributed by atoms with Crippen LogP contribution in [0.3, 0.4) is 0 Å². The third-order valence-electron chi connectivity index (χ3n) is 2.50. The molecule has 0 saturated heterocycles. The first-order chi connectivity index (χ1) is 8.15. The summed E-state index contributed by atoms with van der Waals surface area (Å²) >= 11 is 2.30. The number of rotatable bonds is 4. The molecule has 1 N–H and O–H groups in total. The van der Waals surface area contributed by atoms with Crippen molar-refractivity contribution in [3.05, 3.63) is 45.1 Å². The van der Waals surface area contributed by atoms with Crippen molar-refractivity contribution in [1.29, 1.82) is 0 Å². The maximum atomic E-state index is 5.04. The van der Waals surface area contributed by atoms with Crippen LogP contribution in [0.5, 0.6) is 0 Å². The normalized spacial score (nSPS) is 12.6. The van der Waals surface area contributed by atoms with Crippen LogP contribution < -0.4 is 5.32 Å². The van der Waals surface area contributed by atoms with Gasteiger partial charge in [0.1, 0.15) is 0 Å². The molecule has 0 saturated carbocycles. The molecule has 1 aromatic heterocycles. The van der Waals surface area contributed by atoms with Crippen LogP contribution in [0.25, 0.3) is 0 Å². The molecule has 0 aliphatic rings. The van der Waals surface area contributed by atoms with Crippen molar-refractivity contribution in [2.45, 2.75) is 26.4 Å². The van der Waals surface area contributed by atoms with Gasteiger partial charge >= 0.3 is 0 Å². The number of aryl methyl sites for hydroxylation is 1. The number of hydrogen-bond acceptors (Lipinski definition) is 4. The lowest BCUT2D eigenvalue weighted by Crippen LogP contribution is -2.18. The van der Waals surface area contributed by atoms with Gasteiger partial charge in [-0.15, -0.1) is 0 Å². The summed E-state index contributed by atoms with van der Waals surface area (Å²) in [5.41, 5.74) is 1.25. The summed E-state index contributed by atoms with van der Waals surface area (Å²) in [6.45, 7) is 4.52. The van der Waals surface area contributed by atoms with E-state index in [1.54, 1.807) is 0 Å². The molecule has 2 aromatic rings. The summed E-state index contributed by atoms with van der Waals surface area (Å²) in [6.07, 6.45) is 0. The first-order valence-corrected chi connectivity index (χ1v) is 6.51. The topological polar surface area (TPSA) is 51.0 Å². The molecule has 1 aromatic carbocycles. The van der Waals surface area contributed by atoms with Gasteiger partial charge < -0.3 is 9.84 Å². The van der Waals surface area contributed by atoms with Crippen molar-refractivity contribution < 1.29 is 4.52 Å². The lowest BCUT2D eigenvalue weighted by molar-refractivity contribution is 0.357. The van der Waals surface area contributed by atoms with Crippen molar-refractivity contribution in [2.75, 3.05) is 0 Å². The molecule has 0 bridgehead atoms. The van der Waals surface area contributed by atoms with Crippen LogP contribution in [0.2, 0.25) is 0 Å². The van der Waals surface area contributed by atoms with Crippen molar-refractivity contribution in [3.63, 3.8) is 0 Å². The fourth-order valence-corrected chi connectivity index (χ4v) is 1.88. The second-order valence-corrected chi connectivity index (χ2v) is 5.14. The van der Waals surface area contributed by atoms with E-state index in [1.165, 1.54) is 9.13 Å². The van der Waals surface area contributed by atoms with Gasteiger partial charge in [-0.05, 0) is 54.1 Å². The molecule has 0 amide bonds. The summed E-state index contributed by atoms with van der Waals surface area (Å²) in [5, 5.41) is 7.10. The van der Waals surface area contributed by atoms with Gasteiger partial charge in [0.25, 0.3) is 0 Å². The number of hydrogen-bond donors (Lipinski definition) is 1. The summed E-state index contributed by atoms with van der Waals surface area (Å²) in [7, 11) is 0. The fraction of sp³-hybridized carbons (Fsp3) is 0.333. The lowest BCUT2D eigenvalue weighted by Gasteiger charge is -2.12. The SMILES string of the molecule is Cc1noc(CNC(C)c2ccc(I)cc2)n1. The van der Waals surface area contributed by atoms with Crippen LogP contribution in [-0.4, -0.2) is 10.1 Å². The maximum Gasteiger partial charge on any atom is 0.240 e. The molecule has 2 rings (SSSR count). The van der Waals surface area contributed by atoms with Crippen molar-refractivity contribution >= 4 is 22.6 Å². The summed E-state index contributed by atoms with van der Waals surface area (Å²) in [5.74, 6) is 1.29. The van der Waals surface area contributed by atoms with Crippen LogP contribution in [0, 0.1) is 10.5 Å². The largest absolute Gasteiger partial charge is 0.338 e. The summed E-state index contributed by atoms with van der Waals surface area (Å²) < 4.78 is 6.29. The Bertz CT molecular complexity index is 481. The van der Waals surface area contributed by atoms with Gasteiger partial charge in [0.15, 0.2) is 5.82 Å². The van der Waals surface area contributed by atoms with Gasteiger partial charge in [0.2, 0.25) is 5.89 Å². The number of nitrogens with zero attached hydrogens (tertiary/aromatic N) is 2. The molecule has 1 unspecified atom stereocenters. The second kappa shape index (κ2) is 5.59. The number of halogens is 1. The highest BCUT2D eigenvalue weighted by Gasteiger charge is 2.07. The predicted octanol–water partition coefficient (Wildman–Crippen LogP) is 2.83. The monoisotopic (exact) mass is 343 g/mol. The van der Waals surface area contributed by atoms with Crippen LogP contribution in [0.15, 0.2) is 28.8 Å². The molecule has 0 spiro atoms. The van der Waals surface area contributed by atoms with E-state index in [4.69, 9.17) is 4.52 Å². The van der Waals surface area contributed by atoms with Gasteiger partial charge in [-0.1, -0.05) is 17.3 Å². The second-order valence-electron chi connectivity index (χ2n) is 3.89. The van der Waals surface area contributed by atoms with Crippen LogP contribution in [-0.2, 0) is 6.54 Å². The highest BCUT2D eigenvalue weighted by Crippen LogP contribution is 2.14. The van der Waals surface area contributed by atoms with E-state index in [-0.39, 0.29) is 6.04 Å². The van der Waals surface area contributed by atoms with E-state index in [9.17, 15) is 0 Å². The third-order valence-corrected chi connectivity index (χ3v) is 3.22. The van der Waals surface area contributed by atoms with E-state index in [1.807, 2.05) is 6.92 Å². The average Bonchev–Trinajstić information content (AvgIpc) is 2.73. The molecule has 17 heavy (non-hydrogen) atoms. The molecule has 90 valence electrons. The Morgan fingerprint density at radius 1 is 1.35 bits per heavy atom. The molecule has 5 heteroatoms. The van der Waals surface area contributed by atoms with Crippen LogP contribution in [0.4, 0.5) is 0 Å². The summed E-state index contributed by atoms with van der Waals surface area (Å²) in [6, 6.07) is 8.71. The Labute approximate surface area is 114 Å². The molecule has 4 nitrogen and oxygen atoms in total. The van der Waals surface area contributed by atoms with Gasteiger partial charge in [-0.2, -0.15) is 4.98 Å². The molecule has 0 radical (unpaired) electrons. The Kier molecular flexibility index (Phi) is 4.11. The van der Waals surface area contributed by atoms with Gasteiger partial charge in [0.05, 0.1) is 6.54 Å². The number of nitrogens with one attached hydrogen (secondary N) is 1. The zero-order chi connectivity index (χ0) is 12.3. The minimum Gasteiger partial charge on any atom is -0.338 e. The van der Waals surface area contributed by atoms with Gasteiger partial charge in [-0.3, -0.25) is 0 Å². The zero-order valence-electron chi connectivity index (χ0n) is 9.77. The first kappa shape index (κ1) is 12.5. The van der Waals surface area contributed by atoms with E-state index in [0.717, 1.165) is 0 Å². The lowest BCUT2D eigenvalue weighted by atomic mass is 10.1. The van der Waals surface area contributed by atoms with Crippen LogP contribution >= 0.6 is 22.6 Å². The Balaban J connectivity index is 1.93. The molecule has 0 aliphatic heterocycles. The molecule has 0 aliphatic carbocycles. The average molecular weight is 343 g/mol. The van der Waals surface area contributed by atoms with Crippen LogP contribution in [0.1, 0.15) is 30.2 Å². The third kappa shape index (κ3) is 3.50. The van der Waals surface area contributed by atoms with Crippen molar-refractivity contribution in [1.82, 2.24) is 15.5 Å². The number of aromatic nitrogens is 2. The van der Waals surface area contributed by atoms with Gasteiger partial charge in [0, 0.05) is 9.61 Å². The molecule has 1 atom stereocenters. The van der Waals surface area contributed by atoms with Crippen molar-refractivity contribution in [2.24, 2.45) is 0 Å². The smallest absolute Gasteiger partial charge is 0.240 e. The van der Waals surface area contributed by atoms with Gasteiger partial charge in [-0.25, -0.2) is 0 Å². The van der Waals surface area contributed by atoms with E-state index < -0.39 is 0 Å². The Morgan fingerprint density at radius 3 is 2.65 bits per heavy atom. The first-order valence-electron chi connectivity index (χ1n) is 5.43. The van der Waals surface area contributed by atoms with E-state index in [0.29, 0.717) is 18.3 Å². The predicted molar refractivity (Wildman–Crippen MR) is 73.4 cm³/mol. The zero-order valence-corrected chi connectivity index (χ0v) is 11.9. The quantitative estimate of drug-likeness (QED) is 0.868. The Hall–Kier alpha value is -0.950. The van der Waals surface area contributed by atoms with E-state index >= 15 is 0 Å². The molecule has 0 fully saturated rings. The minimum atomic E-state index is 0.263.